The van der Waals surface area contributed by atoms with Gasteiger partial charge in [-0.05, 0) is 35.6 Å². The highest BCUT2D eigenvalue weighted by molar-refractivity contribution is 14.1. The highest BCUT2D eigenvalue weighted by atomic mass is 127. The highest BCUT2D eigenvalue weighted by Crippen LogP contribution is 2.26. The van der Waals surface area contributed by atoms with Crippen molar-refractivity contribution in [2.45, 2.75) is 39.3 Å². The summed E-state index contributed by atoms with van der Waals surface area (Å²) >= 11 is 2.46. The van der Waals surface area contributed by atoms with E-state index in [9.17, 15) is 0 Å². The number of halogens is 1. The van der Waals surface area contributed by atoms with Crippen molar-refractivity contribution in [1.29, 1.82) is 0 Å². The lowest BCUT2D eigenvalue weighted by Gasteiger charge is -2.12. The average Bonchev–Trinajstić information content (AvgIpc) is 2.67. The lowest BCUT2D eigenvalue weighted by atomic mass is 9.99. The molecule has 1 aliphatic rings. The SMILES string of the molecule is CC(C)c1ccc2c(c1)CN(CCCI)C2. The van der Waals surface area contributed by atoms with Gasteiger partial charge in [-0.1, -0.05) is 54.6 Å². The Balaban J connectivity index is 2.06. The quantitative estimate of drug-likeness (QED) is 0.597. The molecule has 1 nitrogen and oxygen atoms in total. The van der Waals surface area contributed by atoms with Gasteiger partial charge < -0.3 is 0 Å². The van der Waals surface area contributed by atoms with Crippen LogP contribution in [0.15, 0.2) is 18.2 Å². The van der Waals surface area contributed by atoms with E-state index in [1.807, 2.05) is 0 Å². The van der Waals surface area contributed by atoms with Crippen molar-refractivity contribution in [3.63, 3.8) is 0 Å². The van der Waals surface area contributed by atoms with Crippen LogP contribution in [0.5, 0.6) is 0 Å². The summed E-state index contributed by atoms with van der Waals surface area (Å²) in [5.74, 6) is 0.647. The van der Waals surface area contributed by atoms with Crippen molar-refractivity contribution in [2.24, 2.45) is 0 Å². The molecule has 0 aliphatic carbocycles. The van der Waals surface area contributed by atoms with E-state index in [0.29, 0.717) is 5.92 Å². The number of alkyl halides is 1. The fourth-order valence-electron chi connectivity index (χ4n) is 2.29. The van der Waals surface area contributed by atoms with Gasteiger partial charge in [-0.15, -0.1) is 0 Å². The van der Waals surface area contributed by atoms with Crippen LogP contribution in [0.25, 0.3) is 0 Å². The molecule has 0 N–H and O–H groups in total. The van der Waals surface area contributed by atoms with Crippen LogP contribution >= 0.6 is 22.6 Å². The minimum atomic E-state index is 0.647. The number of nitrogens with zero attached hydrogens (tertiary/aromatic N) is 1. The molecule has 2 rings (SSSR count). The van der Waals surface area contributed by atoms with E-state index < -0.39 is 0 Å². The molecular formula is C14H20IN. The molecule has 1 aliphatic heterocycles. The van der Waals surface area contributed by atoms with Gasteiger partial charge >= 0.3 is 0 Å². The fourth-order valence-corrected chi connectivity index (χ4v) is 2.63. The molecule has 0 fully saturated rings. The van der Waals surface area contributed by atoms with Crippen LogP contribution in [0, 0.1) is 0 Å². The zero-order valence-electron chi connectivity index (χ0n) is 10.2. The van der Waals surface area contributed by atoms with E-state index in [-0.39, 0.29) is 0 Å². The van der Waals surface area contributed by atoms with Crippen LogP contribution in [0.2, 0.25) is 0 Å². The van der Waals surface area contributed by atoms with Gasteiger partial charge in [0.15, 0.2) is 0 Å². The van der Waals surface area contributed by atoms with Gasteiger partial charge in [0.2, 0.25) is 0 Å². The monoisotopic (exact) mass is 329 g/mol. The van der Waals surface area contributed by atoms with Gasteiger partial charge in [0.25, 0.3) is 0 Å². The maximum absolute atomic E-state index is 2.56. The normalized spacial score (nSPS) is 15.8. The lowest BCUT2D eigenvalue weighted by molar-refractivity contribution is 0.286. The van der Waals surface area contributed by atoms with E-state index in [0.717, 1.165) is 13.1 Å². The predicted molar refractivity (Wildman–Crippen MR) is 78.1 cm³/mol. The summed E-state index contributed by atoms with van der Waals surface area (Å²) in [6, 6.07) is 7.03. The third kappa shape index (κ3) is 2.77. The average molecular weight is 329 g/mol. The van der Waals surface area contributed by atoms with E-state index in [4.69, 9.17) is 0 Å². The highest BCUT2D eigenvalue weighted by Gasteiger charge is 2.18. The van der Waals surface area contributed by atoms with Crippen molar-refractivity contribution < 1.29 is 0 Å². The predicted octanol–water partition coefficient (Wildman–Crippen LogP) is 3.95. The topological polar surface area (TPSA) is 3.24 Å². The summed E-state index contributed by atoms with van der Waals surface area (Å²) < 4.78 is 1.27. The summed E-state index contributed by atoms with van der Waals surface area (Å²) in [5.41, 5.74) is 4.58. The first kappa shape index (κ1) is 12.4. The van der Waals surface area contributed by atoms with E-state index in [1.54, 1.807) is 5.56 Å². The molecule has 0 bridgehead atoms. The second-order valence-corrected chi connectivity index (χ2v) is 6.01. The maximum atomic E-state index is 2.56. The maximum Gasteiger partial charge on any atom is 0.0240 e. The zero-order valence-corrected chi connectivity index (χ0v) is 12.3. The first-order valence-corrected chi connectivity index (χ1v) is 7.63. The summed E-state index contributed by atoms with van der Waals surface area (Å²) in [6.45, 7) is 8.10. The molecule has 0 saturated carbocycles. The summed E-state index contributed by atoms with van der Waals surface area (Å²) in [4.78, 5) is 2.56. The fraction of sp³-hybridized carbons (Fsp3) is 0.571. The first-order chi connectivity index (χ1) is 7.70. The number of benzene rings is 1. The van der Waals surface area contributed by atoms with Crippen molar-refractivity contribution in [2.75, 3.05) is 11.0 Å². The van der Waals surface area contributed by atoms with Gasteiger partial charge in [-0.3, -0.25) is 4.90 Å². The molecule has 0 spiro atoms. The van der Waals surface area contributed by atoms with Crippen molar-refractivity contribution in [3.05, 3.63) is 34.9 Å². The van der Waals surface area contributed by atoms with Crippen molar-refractivity contribution in [1.82, 2.24) is 4.90 Å². The molecular weight excluding hydrogens is 309 g/mol. The Kier molecular flexibility index (Phi) is 4.25. The van der Waals surface area contributed by atoms with Crippen LogP contribution in [0.4, 0.5) is 0 Å². The minimum Gasteiger partial charge on any atom is -0.295 e. The van der Waals surface area contributed by atoms with Gasteiger partial charge in [0.1, 0.15) is 0 Å². The second kappa shape index (κ2) is 5.50. The van der Waals surface area contributed by atoms with Crippen LogP contribution in [-0.4, -0.2) is 15.9 Å². The van der Waals surface area contributed by atoms with E-state index >= 15 is 0 Å². The van der Waals surface area contributed by atoms with Crippen molar-refractivity contribution >= 4 is 22.6 Å². The number of hydrogen-bond acceptors (Lipinski definition) is 1. The lowest BCUT2D eigenvalue weighted by Crippen LogP contribution is -2.17. The molecule has 1 heterocycles. The molecule has 0 unspecified atom stereocenters. The van der Waals surface area contributed by atoms with Gasteiger partial charge in [0, 0.05) is 17.5 Å². The Morgan fingerprint density at radius 2 is 2.00 bits per heavy atom. The van der Waals surface area contributed by atoms with E-state index in [1.165, 1.54) is 28.5 Å². The molecule has 0 amide bonds. The van der Waals surface area contributed by atoms with E-state index in [2.05, 4.69) is 59.5 Å². The van der Waals surface area contributed by atoms with Gasteiger partial charge in [-0.25, -0.2) is 0 Å². The van der Waals surface area contributed by atoms with Crippen LogP contribution < -0.4 is 0 Å². The molecule has 1 aromatic carbocycles. The summed E-state index contributed by atoms with van der Waals surface area (Å²) in [6.07, 6.45) is 1.31. The molecule has 0 radical (unpaired) electrons. The van der Waals surface area contributed by atoms with Gasteiger partial charge in [-0.2, -0.15) is 0 Å². The second-order valence-electron chi connectivity index (χ2n) is 4.94. The molecule has 1 aromatic rings. The standard InChI is InChI=1S/C14H20IN/c1-11(2)12-4-5-13-9-16(7-3-6-15)10-14(13)8-12/h4-5,8,11H,3,6-7,9-10H2,1-2H3. The third-order valence-corrected chi connectivity index (χ3v) is 4.06. The number of hydrogen-bond donors (Lipinski definition) is 0. The number of rotatable bonds is 4. The Morgan fingerprint density at radius 1 is 1.25 bits per heavy atom. The largest absolute Gasteiger partial charge is 0.295 e. The Labute approximate surface area is 112 Å². The smallest absolute Gasteiger partial charge is 0.0240 e. The molecule has 0 aromatic heterocycles. The van der Waals surface area contributed by atoms with Gasteiger partial charge in [0.05, 0.1) is 0 Å². The summed E-state index contributed by atoms with van der Waals surface area (Å²) in [5, 5.41) is 0. The Hall–Kier alpha value is -0.0900. The third-order valence-electron chi connectivity index (χ3n) is 3.29. The molecule has 0 saturated heterocycles. The number of fused-ring (bicyclic) bond motifs is 1. The molecule has 2 heteroatoms. The van der Waals surface area contributed by atoms with Crippen LogP contribution in [0.1, 0.15) is 42.9 Å². The molecule has 88 valence electrons. The molecule has 0 atom stereocenters. The molecule has 16 heavy (non-hydrogen) atoms. The van der Waals surface area contributed by atoms with Crippen molar-refractivity contribution in [3.8, 4) is 0 Å². The zero-order chi connectivity index (χ0) is 11.5. The Morgan fingerprint density at radius 3 is 2.69 bits per heavy atom. The Bertz CT molecular complexity index is 360. The van der Waals surface area contributed by atoms with Crippen LogP contribution in [0.3, 0.4) is 0 Å². The first-order valence-electron chi connectivity index (χ1n) is 6.10. The minimum absolute atomic E-state index is 0.647. The summed E-state index contributed by atoms with van der Waals surface area (Å²) in [7, 11) is 0. The van der Waals surface area contributed by atoms with Crippen LogP contribution in [-0.2, 0) is 13.1 Å².